The van der Waals surface area contributed by atoms with Gasteiger partial charge in [0.05, 0.1) is 43.1 Å². The van der Waals surface area contributed by atoms with Gasteiger partial charge in [0, 0.05) is 41.9 Å². The number of nitrogens with one attached hydrogen (secondary N) is 1. The number of hydrogen-bond acceptors (Lipinski definition) is 7. The highest BCUT2D eigenvalue weighted by molar-refractivity contribution is 6.04. The molecule has 190 valence electrons. The van der Waals surface area contributed by atoms with Gasteiger partial charge < -0.3 is 14.8 Å². The number of carbonyl (C=O) groups is 1. The minimum Gasteiger partial charge on any atom is -0.488 e. The van der Waals surface area contributed by atoms with Crippen molar-refractivity contribution in [2.24, 2.45) is 21.9 Å². The number of carbonyl (C=O) groups excluding carboxylic acids is 1. The van der Waals surface area contributed by atoms with Crippen molar-refractivity contribution in [3.05, 3.63) is 71.1 Å². The molecule has 0 spiro atoms. The molecule has 1 amide bonds. The van der Waals surface area contributed by atoms with Gasteiger partial charge in [0.1, 0.15) is 11.9 Å². The number of anilines is 2. The predicted octanol–water partition coefficient (Wildman–Crippen LogP) is 4.82. The molecular formula is C29H31N5O3. The minimum absolute atomic E-state index is 0.134. The molecule has 2 aromatic rings. The minimum atomic E-state index is -0.672. The van der Waals surface area contributed by atoms with Gasteiger partial charge in [-0.1, -0.05) is 18.2 Å². The zero-order chi connectivity index (χ0) is 26.0. The standard InChI is InChI=1S/C29H31N5O3/c1-19-7-8-24(33-28(35)20-5-4-6-23(9-20)29(2,3)18-30)11-27(19)34-15-22(13-32-34)21-10-25(14-31-12-21)37-26-16-36-17-26/h4-9,11-14,21-22,26H,10,15-17H2,1-3H3,(H,33,35). The van der Waals surface area contributed by atoms with E-state index in [9.17, 15) is 10.1 Å². The average molecular weight is 498 g/mol. The van der Waals surface area contributed by atoms with E-state index < -0.39 is 5.41 Å². The molecule has 0 aliphatic carbocycles. The molecule has 0 aromatic heterocycles. The highest BCUT2D eigenvalue weighted by Crippen LogP contribution is 2.32. The van der Waals surface area contributed by atoms with E-state index in [1.165, 1.54) is 0 Å². The second-order valence-corrected chi connectivity index (χ2v) is 10.3. The van der Waals surface area contributed by atoms with Gasteiger partial charge in [-0.2, -0.15) is 10.4 Å². The van der Waals surface area contributed by atoms with Crippen LogP contribution < -0.4 is 10.3 Å². The molecule has 5 rings (SSSR count). The maximum absolute atomic E-state index is 13.0. The number of hydrogen-bond donors (Lipinski definition) is 1. The summed E-state index contributed by atoms with van der Waals surface area (Å²) in [6, 6.07) is 15.3. The Balaban J connectivity index is 1.24. The average Bonchev–Trinajstić information content (AvgIpc) is 3.38. The first-order valence-corrected chi connectivity index (χ1v) is 12.5. The van der Waals surface area contributed by atoms with Crippen LogP contribution in [0.3, 0.4) is 0 Å². The molecule has 0 saturated carbocycles. The summed E-state index contributed by atoms with van der Waals surface area (Å²) >= 11 is 0. The number of benzene rings is 2. The lowest BCUT2D eigenvalue weighted by Gasteiger charge is -2.30. The van der Waals surface area contributed by atoms with Crippen LogP contribution in [0.4, 0.5) is 11.4 Å². The third-order valence-corrected chi connectivity index (χ3v) is 7.06. The lowest BCUT2D eigenvalue weighted by molar-refractivity contribution is -0.110. The summed E-state index contributed by atoms with van der Waals surface area (Å²) in [5.74, 6) is 1.10. The number of hydrazone groups is 1. The van der Waals surface area contributed by atoms with Gasteiger partial charge in [-0.05, 0) is 56.2 Å². The number of aliphatic imine (C=N–C) groups is 1. The number of amides is 1. The Labute approximate surface area is 217 Å². The van der Waals surface area contributed by atoms with Crippen LogP contribution in [-0.2, 0) is 14.9 Å². The SMILES string of the molecule is Cc1ccc(NC(=O)c2cccc(C(C)(C)C#N)c2)cc1N1CC(C2C=NC=C(OC3COC3)C2)C=N1. The van der Waals surface area contributed by atoms with E-state index in [-0.39, 0.29) is 23.8 Å². The lowest BCUT2D eigenvalue weighted by atomic mass is 9.85. The summed E-state index contributed by atoms with van der Waals surface area (Å²) in [4.78, 5) is 17.4. The number of allylic oxidation sites excluding steroid dienone is 1. The molecule has 3 aliphatic heterocycles. The molecule has 3 heterocycles. The van der Waals surface area contributed by atoms with Gasteiger partial charge in [-0.15, -0.1) is 0 Å². The van der Waals surface area contributed by atoms with Crippen LogP contribution in [-0.4, -0.2) is 44.2 Å². The largest absolute Gasteiger partial charge is 0.488 e. The fraction of sp³-hybridized carbons (Fsp3) is 0.379. The van der Waals surface area contributed by atoms with E-state index in [2.05, 4.69) is 21.5 Å². The second kappa shape index (κ2) is 10.2. The normalized spacial score (nSPS) is 21.2. The van der Waals surface area contributed by atoms with Gasteiger partial charge in [-0.3, -0.25) is 14.8 Å². The Hall–Kier alpha value is -3.96. The summed E-state index contributed by atoms with van der Waals surface area (Å²) < 4.78 is 11.2. The zero-order valence-corrected chi connectivity index (χ0v) is 21.3. The summed E-state index contributed by atoms with van der Waals surface area (Å²) in [5, 5.41) is 19.1. The second-order valence-electron chi connectivity index (χ2n) is 10.3. The molecule has 8 nitrogen and oxygen atoms in total. The maximum Gasteiger partial charge on any atom is 0.255 e. The van der Waals surface area contributed by atoms with Crippen LogP contribution in [0.2, 0.25) is 0 Å². The van der Waals surface area contributed by atoms with Gasteiger partial charge >= 0.3 is 0 Å². The molecule has 8 heteroatoms. The summed E-state index contributed by atoms with van der Waals surface area (Å²) in [6.45, 7) is 7.72. The molecule has 0 bridgehead atoms. The van der Waals surface area contributed by atoms with E-state index in [1.54, 1.807) is 18.3 Å². The van der Waals surface area contributed by atoms with E-state index in [0.29, 0.717) is 24.5 Å². The molecule has 1 saturated heterocycles. The smallest absolute Gasteiger partial charge is 0.255 e. The lowest BCUT2D eigenvalue weighted by Crippen LogP contribution is -2.36. The van der Waals surface area contributed by atoms with Crippen molar-refractivity contribution in [2.75, 3.05) is 30.1 Å². The van der Waals surface area contributed by atoms with Gasteiger partial charge in [0.25, 0.3) is 5.91 Å². The van der Waals surface area contributed by atoms with Gasteiger partial charge in [0.15, 0.2) is 0 Å². The Morgan fingerprint density at radius 2 is 2.03 bits per heavy atom. The van der Waals surface area contributed by atoms with Crippen molar-refractivity contribution < 1.29 is 14.3 Å². The molecule has 2 atom stereocenters. The molecule has 3 aliphatic rings. The topological polar surface area (TPSA) is 99.3 Å². The van der Waals surface area contributed by atoms with Crippen molar-refractivity contribution in [1.29, 1.82) is 5.26 Å². The zero-order valence-electron chi connectivity index (χ0n) is 21.3. The van der Waals surface area contributed by atoms with Crippen molar-refractivity contribution in [3.63, 3.8) is 0 Å². The van der Waals surface area contributed by atoms with Crippen LogP contribution in [0.15, 0.2) is 64.5 Å². The number of rotatable bonds is 7. The molecule has 0 radical (unpaired) electrons. The van der Waals surface area contributed by atoms with Crippen LogP contribution >= 0.6 is 0 Å². The van der Waals surface area contributed by atoms with E-state index >= 15 is 0 Å². The van der Waals surface area contributed by atoms with Crippen LogP contribution in [0.1, 0.15) is 41.8 Å². The first-order valence-electron chi connectivity index (χ1n) is 12.5. The maximum atomic E-state index is 13.0. The van der Waals surface area contributed by atoms with Crippen LogP contribution in [0.25, 0.3) is 0 Å². The molecule has 1 N–H and O–H groups in total. The first kappa shape index (κ1) is 24.7. The number of nitrogens with zero attached hydrogens (tertiary/aromatic N) is 4. The molecule has 1 fully saturated rings. The number of aryl methyl sites for hydroxylation is 1. The van der Waals surface area contributed by atoms with Crippen molar-refractivity contribution >= 4 is 29.7 Å². The van der Waals surface area contributed by atoms with Crippen molar-refractivity contribution in [3.8, 4) is 6.07 Å². The molecule has 2 aromatic carbocycles. The summed E-state index contributed by atoms with van der Waals surface area (Å²) in [6.07, 6.45) is 6.69. The van der Waals surface area contributed by atoms with Crippen molar-refractivity contribution in [1.82, 2.24) is 0 Å². The van der Waals surface area contributed by atoms with Crippen molar-refractivity contribution in [2.45, 2.75) is 38.7 Å². The van der Waals surface area contributed by atoms with Gasteiger partial charge in [0.2, 0.25) is 0 Å². The van der Waals surface area contributed by atoms with E-state index in [4.69, 9.17) is 9.47 Å². The monoisotopic (exact) mass is 497 g/mol. The molecule has 2 unspecified atom stereocenters. The summed E-state index contributed by atoms with van der Waals surface area (Å²) in [7, 11) is 0. The van der Waals surface area contributed by atoms with Crippen LogP contribution in [0.5, 0.6) is 0 Å². The fourth-order valence-corrected chi connectivity index (χ4v) is 4.56. The highest BCUT2D eigenvalue weighted by Gasteiger charge is 2.31. The third-order valence-electron chi connectivity index (χ3n) is 7.06. The first-order chi connectivity index (χ1) is 17.8. The Morgan fingerprint density at radius 1 is 1.19 bits per heavy atom. The predicted molar refractivity (Wildman–Crippen MR) is 144 cm³/mol. The quantitative estimate of drug-likeness (QED) is 0.591. The molecule has 37 heavy (non-hydrogen) atoms. The Morgan fingerprint density at radius 3 is 2.78 bits per heavy atom. The van der Waals surface area contributed by atoms with Crippen LogP contribution in [0, 0.1) is 30.1 Å². The highest BCUT2D eigenvalue weighted by atomic mass is 16.6. The fourth-order valence-electron chi connectivity index (χ4n) is 4.56. The number of nitriles is 1. The Kier molecular flexibility index (Phi) is 6.81. The third kappa shape index (κ3) is 5.42. The van der Waals surface area contributed by atoms with E-state index in [0.717, 1.165) is 35.5 Å². The van der Waals surface area contributed by atoms with Gasteiger partial charge in [-0.25, -0.2) is 0 Å². The number of ether oxygens (including phenoxy) is 2. The Bertz CT molecular complexity index is 1320. The molecular weight excluding hydrogens is 466 g/mol. The summed E-state index contributed by atoms with van der Waals surface area (Å²) in [5.41, 5.74) is 3.35. The van der Waals surface area contributed by atoms with E-state index in [1.807, 2.05) is 68.5 Å².